The van der Waals surface area contributed by atoms with Crippen LogP contribution in [-0.4, -0.2) is 28.0 Å². The number of hydrogen-bond donors (Lipinski definition) is 1. The molecule has 0 aliphatic carbocycles. The molecule has 0 unspecified atom stereocenters. The van der Waals surface area contributed by atoms with Gasteiger partial charge in [0, 0.05) is 5.69 Å². The van der Waals surface area contributed by atoms with Gasteiger partial charge in [-0.3, -0.25) is 9.10 Å². The predicted octanol–water partition coefficient (Wildman–Crippen LogP) is 5.07. The Morgan fingerprint density at radius 2 is 1.48 bits per heavy atom. The van der Waals surface area contributed by atoms with Crippen LogP contribution in [0.1, 0.15) is 27.8 Å². The van der Waals surface area contributed by atoms with Crippen LogP contribution in [0.25, 0.3) is 0 Å². The van der Waals surface area contributed by atoms with Crippen LogP contribution in [-0.2, 0) is 14.8 Å². The average Bonchev–Trinajstić information content (AvgIpc) is 2.74. The van der Waals surface area contributed by atoms with Crippen molar-refractivity contribution in [2.75, 3.05) is 23.3 Å². The summed E-state index contributed by atoms with van der Waals surface area (Å²) < 4.78 is 34.2. The molecule has 0 bridgehead atoms. The van der Waals surface area contributed by atoms with Gasteiger partial charge < -0.3 is 10.1 Å². The first-order chi connectivity index (χ1) is 15.5. The number of amides is 1. The standard InChI is InChI=1S/C26H30N2O4S/c1-17-10-11-23(32-6)24(15-17)33(30,31)28(22-13-18(2)12-19(3)14-22)16-25(29)27-26-20(4)8-7-9-21(26)5/h7-15H,16H2,1-6H3,(H,27,29). The summed E-state index contributed by atoms with van der Waals surface area (Å²) in [6.07, 6.45) is 0. The van der Waals surface area contributed by atoms with Gasteiger partial charge in [0.05, 0.1) is 12.8 Å². The van der Waals surface area contributed by atoms with E-state index in [1.54, 1.807) is 30.3 Å². The fourth-order valence-corrected chi connectivity index (χ4v) is 5.48. The lowest BCUT2D eigenvalue weighted by Crippen LogP contribution is -2.38. The van der Waals surface area contributed by atoms with Crippen LogP contribution in [0.2, 0.25) is 0 Å². The Balaban J connectivity index is 2.09. The number of rotatable bonds is 7. The smallest absolute Gasteiger partial charge is 0.268 e. The molecule has 0 heterocycles. The molecule has 0 spiro atoms. The molecule has 0 aliphatic heterocycles. The maximum atomic E-state index is 13.9. The first kappa shape index (κ1) is 24.3. The van der Waals surface area contributed by atoms with E-state index in [9.17, 15) is 13.2 Å². The number of hydrogen-bond acceptors (Lipinski definition) is 4. The number of nitrogens with zero attached hydrogens (tertiary/aromatic N) is 1. The van der Waals surface area contributed by atoms with Gasteiger partial charge in [0.25, 0.3) is 10.0 Å². The summed E-state index contributed by atoms with van der Waals surface area (Å²) in [6.45, 7) is 9.03. The minimum Gasteiger partial charge on any atom is -0.495 e. The van der Waals surface area contributed by atoms with E-state index in [0.717, 1.165) is 32.1 Å². The molecule has 1 amide bonds. The molecular weight excluding hydrogens is 436 g/mol. The Bertz CT molecular complexity index is 1260. The lowest BCUT2D eigenvalue weighted by atomic mass is 10.1. The Kier molecular flexibility index (Phi) is 7.12. The quantitative estimate of drug-likeness (QED) is 0.527. The van der Waals surface area contributed by atoms with E-state index < -0.39 is 15.9 Å². The van der Waals surface area contributed by atoms with Crippen molar-refractivity contribution >= 4 is 27.3 Å². The zero-order valence-corrected chi connectivity index (χ0v) is 20.7. The van der Waals surface area contributed by atoms with Crippen LogP contribution in [0.5, 0.6) is 5.75 Å². The lowest BCUT2D eigenvalue weighted by Gasteiger charge is -2.26. The van der Waals surface area contributed by atoms with Crippen LogP contribution in [0.4, 0.5) is 11.4 Å². The topological polar surface area (TPSA) is 75.7 Å². The molecule has 0 fully saturated rings. The monoisotopic (exact) mass is 466 g/mol. The summed E-state index contributed by atoms with van der Waals surface area (Å²) in [4.78, 5) is 13.1. The molecule has 0 aliphatic rings. The average molecular weight is 467 g/mol. The van der Waals surface area contributed by atoms with Gasteiger partial charge in [-0.25, -0.2) is 8.42 Å². The Morgan fingerprint density at radius 3 is 2.06 bits per heavy atom. The Morgan fingerprint density at radius 1 is 0.879 bits per heavy atom. The highest BCUT2D eigenvalue weighted by atomic mass is 32.2. The molecule has 0 radical (unpaired) electrons. The fourth-order valence-electron chi connectivity index (χ4n) is 3.83. The van der Waals surface area contributed by atoms with Gasteiger partial charge in [-0.15, -0.1) is 0 Å². The van der Waals surface area contributed by atoms with Crippen LogP contribution >= 0.6 is 0 Å². The van der Waals surface area contributed by atoms with Crippen molar-refractivity contribution in [1.29, 1.82) is 0 Å². The zero-order valence-electron chi connectivity index (χ0n) is 19.9. The number of anilines is 2. The maximum Gasteiger partial charge on any atom is 0.268 e. The van der Waals surface area contributed by atoms with Crippen molar-refractivity contribution in [1.82, 2.24) is 0 Å². The highest BCUT2D eigenvalue weighted by Gasteiger charge is 2.30. The molecule has 174 valence electrons. The van der Waals surface area contributed by atoms with Crippen molar-refractivity contribution in [2.45, 2.75) is 39.5 Å². The Hall–Kier alpha value is -3.32. The predicted molar refractivity (Wildman–Crippen MR) is 133 cm³/mol. The fraction of sp³-hybridized carbons (Fsp3) is 0.269. The number of para-hydroxylation sites is 1. The molecule has 3 aromatic carbocycles. The molecular formula is C26H30N2O4S. The number of ether oxygens (including phenoxy) is 1. The number of aryl methyl sites for hydroxylation is 5. The second-order valence-electron chi connectivity index (χ2n) is 8.33. The van der Waals surface area contributed by atoms with Gasteiger partial charge in [0.1, 0.15) is 17.2 Å². The van der Waals surface area contributed by atoms with Gasteiger partial charge in [-0.1, -0.05) is 30.3 Å². The largest absolute Gasteiger partial charge is 0.495 e. The third-order valence-corrected chi connectivity index (χ3v) is 7.21. The van der Waals surface area contributed by atoms with E-state index in [0.29, 0.717) is 11.4 Å². The van der Waals surface area contributed by atoms with Crippen molar-refractivity contribution < 1.29 is 17.9 Å². The third-order valence-electron chi connectivity index (χ3n) is 5.41. The van der Waals surface area contributed by atoms with Gasteiger partial charge in [0.15, 0.2) is 0 Å². The number of nitrogens with one attached hydrogen (secondary N) is 1. The van der Waals surface area contributed by atoms with Gasteiger partial charge in [-0.05, 0) is 86.7 Å². The van der Waals surface area contributed by atoms with E-state index in [2.05, 4.69) is 5.32 Å². The van der Waals surface area contributed by atoms with Crippen molar-refractivity contribution in [3.05, 3.63) is 82.4 Å². The molecule has 1 N–H and O–H groups in total. The lowest BCUT2D eigenvalue weighted by molar-refractivity contribution is -0.114. The first-order valence-corrected chi connectivity index (χ1v) is 12.1. The van der Waals surface area contributed by atoms with Crippen LogP contribution < -0.4 is 14.4 Å². The van der Waals surface area contributed by atoms with Gasteiger partial charge in [-0.2, -0.15) is 0 Å². The van der Waals surface area contributed by atoms with Gasteiger partial charge in [0.2, 0.25) is 5.91 Å². The number of carbonyl (C=O) groups excluding carboxylic acids is 1. The number of carbonyl (C=O) groups is 1. The summed E-state index contributed by atoms with van der Waals surface area (Å²) in [7, 11) is -2.68. The second-order valence-corrected chi connectivity index (χ2v) is 10.2. The summed E-state index contributed by atoms with van der Waals surface area (Å²) in [6, 6.07) is 16.2. The maximum absolute atomic E-state index is 13.9. The SMILES string of the molecule is COc1ccc(C)cc1S(=O)(=O)N(CC(=O)Nc1c(C)cccc1C)c1cc(C)cc(C)c1. The van der Waals surface area contributed by atoms with E-state index in [1.165, 1.54) is 7.11 Å². The van der Waals surface area contributed by atoms with E-state index in [-0.39, 0.29) is 17.2 Å². The first-order valence-electron chi connectivity index (χ1n) is 10.6. The summed E-state index contributed by atoms with van der Waals surface area (Å²) >= 11 is 0. The van der Waals surface area contributed by atoms with E-state index in [4.69, 9.17) is 4.74 Å². The highest BCUT2D eigenvalue weighted by molar-refractivity contribution is 7.93. The zero-order chi connectivity index (χ0) is 24.3. The highest BCUT2D eigenvalue weighted by Crippen LogP contribution is 2.32. The molecule has 0 atom stereocenters. The molecule has 3 rings (SSSR count). The van der Waals surface area contributed by atoms with Crippen molar-refractivity contribution in [3.63, 3.8) is 0 Å². The minimum atomic E-state index is -4.11. The molecule has 6 nitrogen and oxygen atoms in total. The van der Waals surface area contributed by atoms with Crippen LogP contribution in [0.3, 0.4) is 0 Å². The molecule has 3 aromatic rings. The molecule has 33 heavy (non-hydrogen) atoms. The third kappa shape index (κ3) is 5.37. The number of benzene rings is 3. The molecule has 7 heteroatoms. The minimum absolute atomic E-state index is 0.0176. The second kappa shape index (κ2) is 9.67. The summed E-state index contributed by atoms with van der Waals surface area (Å²) in [5.41, 5.74) is 5.50. The van der Waals surface area contributed by atoms with Crippen molar-refractivity contribution in [2.24, 2.45) is 0 Å². The Labute approximate surface area is 196 Å². The number of sulfonamides is 1. The van der Waals surface area contributed by atoms with Crippen LogP contribution in [0.15, 0.2) is 59.5 Å². The summed E-state index contributed by atoms with van der Waals surface area (Å²) in [5.74, 6) is -0.202. The van der Waals surface area contributed by atoms with E-state index >= 15 is 0 Å². The number of methoxy groups -OCH3 is 1. The normalized spacial score (nSPS) is 11.2. The van der Waals surface area contributed by atoms with Crippen LogP contribution in [0, 0.1) is 34.6 Å². The van der Waals surface area contributed by atoms with Gasteiger partial charge >= 0.3 is 0 Å². The van der Waals surface area contributed by atoms with Crippen molar-refractivity contribution in [3.8, 4) is 5.75 Å². The molecule has 0 aromatic heterocycles. The molecule has 0 saturated heterocycles. The van der Waals surface area contributed by atoms with E-state index in [1.807, 2.05) is 58.9 Å². The summed E-state index contributed by atoms with van der Waals surface area (Å²) in [5, 5.41) is 2.90. The molecule has 0 saturated carbocycles.